The summed E-state index contributed by atoms with van der Waals surface area (Å²) in [6.45, 7) is 2.49. The number of hydrogen-bond acceptors (Lipinski definition) is 6. The Morgan fingerprint density at radius 2 is 1.64 bits per heavy atom. The van der Waals surface area contributed by atoms with Crippen molar-refractivity contribution in [3.8, 4) is 0 Å². The van der Waals surface area contributed by atoms with E-state index < -0.39 is 21.4 Å². The molecule has 7 nitrogen and oxygen atoms in total. The summed E-state index contributed by atoms with van der Waals surface area (Å²) in [6, 6.07) is 15.2. The zero-order chi connectivity index (χ0) is 20.1. The summed E-state index contributed by atoms with van der Waals surface area (Å²) in [4.78, 5) is 24.9. The van der Waals surface area contributed by atoms with Crippen LogP contribution in [0.1, 0.15) is 30.8 Å². The van der Waals surface area contributed by atoms with Gasteiger partial charge in [-0.1, -0.05) is 30.3 Å². The number of sulfonamides is 1. The number of ether oxygens (including phenoxy) is 1. The van der Waals surface area contributed by atoms with Crippen molar-refractivity contribution in [3.63, 3.8) is 0 Å². The molecule has 1 aliphatic heterocycles. The third kappa shape index (κ3) is 4.89. The van der Waals surface area contributed by atoms with Gasteiger partial charge in [-0.15, -0.1) is 0 Å². The molecule has 2 aromatic carbocycles. The number of carbonyl (C=O) groups is 2. The van der Waals surface area contributed by atoms with Gasteiger partial charge in [0, 0.05) is 49.8 Å². The number of nitrogens with one attached hydrogen (secondary N) is 1. The molecule has 0 radical (unpaired) electrons. The predicted octanol–water partition coefficient (Wildman–Crippen LogP) is 2.86. The van der Waals surface area contributed by atoms with Crippen molar-refractivity contribution in [2.24, 2.45) is 0 Å². The number of ketones is 1. The SMILES string of the molecule is CC(=O)OC(c1ccccc1)S(=O)(=O)Nc1ccc(N2CCC(=O)CC2)cc1. The van der Waals surface area contributed by atoms with Gasteiger partial charge in [0.05, 0.1) is 0 Å². The number of piperidine rings is 1. The molecule has 0 bridgehead atoms. The molecule has 0 saturated carbocycles. The lowest BCUT2D eigenvalue weighted by Gasteiger charge is -2.28. The Labute approximate surface area is 164 Å². The first-order valence-electron chi connectivity index (χ1n) is 8.96. The second kappa shape index (κ2) is 8.43. The van der Waals surface area contributed by atoms with Gasteiger partial charge in [-0.2, -0.15) is 0 Å². The molecule has 0 aliphatic carbocycles. The van der Waals surface area contributed by atoms with Crippen molar-refractivity contribution in [1.82, 2.24) is 0 Å². The Morgan fingerprint density at radius 1 is 1.04 bits per heavy atom. The molecule has 0 amide bonds. The summed E-state index contributed by atoms with van der Waals surface area (Å²) in [5, 5.41) is 0. The van der Waals surface area contributed by atoms with Crippen LogP contribution in [-0.4, -0.2) is 33.3 Å². The monoisotopic (exact) mass is 402 g/mol. The number of Topliss-reactive ketones (excluding diaryl/α,β-unsaturated/α-hetero) is 1. The third-order valence-corrected chi connectivity index (χ3v) is 5.89. The van der Waals surface area contributed by atoms with Crippen LogP contribution in [0.3, 0.4) is 0 Å². The molecule has 1 heterocycles. The highest BCUT2D eigenvalue weighted by atomic mass is 32.2. The smallest absolute Gasteiger partial charge is 0.304 e. The molecule has 148 valence electrons. The van der Waals surface area contributed by atoms with Crippen LogP contribution in [0.2, 0.25) is 0 Å². The van der Waals surface area contributed by atoms with E-state index in [0.717, 1.165) is 5.69 Å². The highest BCUT2D eigenvalue weighted by Gasteiger charge is 2.30. The average Bonchev–Trinajstić information content (AvgIpc) is 2.67. The number of benzene rings is 2. The Bertz CT molecular complexity index is 932. The first-order valence-corrected chi connectivity index (χ1v) is 10.5. The van der Waals surface area contributed by atoms with E-state index in [1.54, 1.807) is 54.6 Å². The zero-order valence-corrected chi connectivity index (χ0v) is 16.3. The molecule has 28 heavy (non-hydrogen) atoms. The molecule has 0 aromatic heterocycles. The van der Waals surface area contributed by atoms with Crippen LogP contribution in [0.5, 0.6) is 0 Å². The summed E-state index contributed by atoms with van der Waals surface area (Å²) in [7, 11) is -4.02. The summed E-state index contributed by atoms with van der Waals surface area (Å²) < 4.78 is 33.2. The fourth-order valence-corrected chi connectivity index (χ4v) is 4.39. The maximum absolute atomic E-state index is 12.8. The molecule has 1 unspecified atom stereocenters. The Morgan fingerprint density at radius 3 is 2.21 bits per heavy atom. The van der Waals surface area contributed by atoms with Gasteiger partial charge in [-0.25, -0.2) is 8.42 Å². The zero-order valence-electron chi connectivity index (χ0n) is 15.5. The molecular weight excluding hydrogens is 380 g/mol. The van der Waals surface area contributed by atoms with E-state index in [0.29, 0.717) is 37.2 Å². The Balaban J connectivity index is 1.76. The van der Waals surface area contributed by atoms with Gasteiger partial charge in [0.25, 0.3) is 10.0 Å². The molecule has 1 saturated heterocycles. The van der Waals surface area contributed by atoms with E-state index in [1.165, 1.54) is 6.92 Å². The summed E-state index contributed by atoms with van der Waals surface area (Å²) in [6.07, 6.45) is 1.05. The molecule has 1 aliphatic rings. The Kier molecular flexibility index (Phi) is 5.99. The lowest BCUT2D eigenvalue weighted by Crippen LogP contribution is -2.33. The van der Waals surface area contributed by atoms with Gasteiger partial charge >= 0.3 is 5.97 Å². The molecule has 1 atom stereocenters. The summed E-state index contributed by atoms with van der Waals surface area (Å²) in [5.41, 5.74) is 0.207. The van der Waals surface area contributed by atoms with Crippen molar-refractivity contribution in [3.05, 3.63) is 60.2 Å². The number of esters is 1. The minimum Gasteiger partial charge on any atom is -0.439 e. The molecule has 3 rings (SSSR count). The minimum absolute atomic E-state index is 0.262. The van der Waals surface area contributed by atoms with E-state index in [4.69, 9.17) is 4.74 Å². The topological polar surface area (TPSA) is 92.8 Å². The van der Waals surface area contributed by atoms with Crippen molar-refractivity contribution in [2.45, 2.75) is 25.2 Å². The van der Waals surface area contributed by atoms with Crippen molar-refractivity contribution >= 4 is 33.2 Å². The second-order valence-corrected chi connectivity index (χ2v) is 8.29. The fourth-order valence-electron chi connectivity index (χ4n) is 3.04. The molecule has 8 heteroatoms. The van der Waals surface area contributed by atoms with Crippen LogP contribution in [-0.2, 0) is 24.3 Å². The number of hydrogen-bond donors (Lipinski definition) is 1. The molecule has 1 N–H and O–H groups in total. The van der Waals surface area contributed by atoms with Crippen LogP contribution in [0.15, 0.2) is 54.6 Å². The first-order chi connectivity index (χ1) is 13.3. The van der Waals surface area contributed by atoms with Gasteiger partial charge in [-0.3, -0.25) is 14.3 Å². The molecular formula is C20H22N2O5S. The van der Waals surface area contributed by atoms with Crippen molar-refractivity contribution in [2.75, 3.05) is 22.7 Å². The highest BCUT2D eigenvalue weighted by Crippen LogP contribution is 2.27. The van der Waals surface area contributed by atoms with E-state index in [1.807, 2.05) is 0 Å². The minimum atomic E-state index is -4.02. The normalized spacial score (nSPS) is 15.8. The van der Waals surface area contributed by atoms with Gasteiger partial charge in [0.2, 0.25) is 5.44 Å². The van der Waals surface area contributed by atoms with Gasteiger partial charge in [0.1, 0.15) is 5.78 Å². The van der Waals surface area contributed by atoms with E-state index >= 15 is 0 Å². The van der Waals surface area contributed by atoms with Crippen LogP contribution < -0.4 is 9.62 Å². The number of nitrogens with zero attached hydrogens (tertiary/aromatic N) is 1. The summed E-state index contributed by atoms with van der Waals surface area (Å²) >= 11 is 0. The quantitative estimate of drug-likeness (QED) is 0.747. The predicted molar refractivity (Wildman–Crippen MR) is 106 cm³/mol. The maximum atomic E-state index is 12.8. The van der Waals surface area contributed by atoms with E-state index in [-0.39, 0.29) is 5.78 Å². The third-order valence-electron chi connectivity index (χ3n) is 4.44. The van der Waals surface area contributed by atoms with Gasteiger partial charge < -0.3 is 9.64 Å². The molecule has 1 fully saturated rings. The summed E-state index contributed by atoms with van der Waals surface area (Å²) in [5.74, 6) is -0.424. The van der Waals surface area contributed by atoms with E-state index in [2.05, 4.69) is 9.62 Å². The van der Waals surface area contributed by atoms with Crippen LogP contribution in [0.4, 0.5) is 11.4 Å². The Hall–Kier alpha value is -2.87. The average molecular weight is 402 g/mol. The van der Waals surface area contributed by atoms with E-state index in [9.17, 15) is 18.0 Å². The molecule has 2 aromatic rings. The maximum Gasteiger partial charge on any atom is 0.304 e. The molecule has 0 spiro atoms. The fraction of sp³-hybridized carbons (Fsp3) is 0.300. The van der Waals surface area contributed by atoms with Crippen LogP contribution >= 0.6 is 0 Å². The van der Waals surface area contributed by atoms with Crippen molar-refractivity contribution in [1.29, 1.82) is 0 Å². The van der Waals surface area contributed by atoms with Crippen molar-refractivity contribution < 1.29 is 22.7 Å². The van der Waals surface area contributed by atoms with Gasteiger partial charge in [0.15, 0.2) is 0 Å². The van der Waals surface area contributed by atoms with Gasteiger partial charge in [-0.05, 0) is 24.3 Å². The highest BCUT2D eigenvalue weighted by molar-refractivity contribution is 7.92. The van der Waals surface area contributed by atoms with Crippen LogP contribution in [0.25, 0.3) is 0 Å². The second-order valence-electron chi connectivity index (χ2n) is 6.57. The number of carbonyl (C=O) groups excluding carboxylic acids is 2. The standard InChI is InChI=1S/C20H22N2O5S/c1-15(23)27-20(16-5-3-2-4-6-16)28(25,26)21-17-7-9-18(10-8-17)22-13-11-19(24)12-14-22/h2-10,20-21H,11-14H2,1H3. The lowest BCUT2D eigenvalue weighted by atomic mass is 10.1. The van der Waals surface area contributed by atoms with Crippen LogP contribution in [0, 0.1) is 0 Å². The largest absolute Gasteiger partial charge is 0.439 e. The first kappa shape index (κ1) is 19.9. The number of anilines is 2. The number of rotatable bonds is 6. The lowest BCUT2D eigenvalue weighted by molar-refractivity contribution is -0.143.